The van der Waals surface area contributed by atoms with E-state index in [0.717, 1.165) is 53.5 Å². The average Bonchev–Trinajstić information content (AvgIpc) is 3.60. The van der Waals surface area contributed by atoms with Gasteiger partial charge in [0.05, 0.1) is 22.8 Å². The molecule has 0 unspecified atom stereocenters. The minimum Gasteiger partial charge on any atom is -0.406 e. The van der Waals surface area contributed by atoms with Crippen LogP contribution >= 0.6 is 0 Å². The van der Waals surface area contributed by atoms with E-state index in [9.17, 15) is 18.0 Å². The maximum Gasteiger partial charge on any atom is 0.573 e. The molecule has 2 fully saturated rings. The number of aryl methyl sites for hydroxylation is 2. The Morgan fingerprint density at radius 3 is 2.50 bits per heavy atom. The van der Waals surface area contributed by atoms with Gasteiger partial charge in [0.15, 0.2) is 0 Å². The summed E-state index contributed by atoms with van der Waals surface area (Å²) < 4.78 is 56.5. The normalized spacial score (nSPS) is 23.2. The van der Waals surface area contributed by atoms with Crippen LogP contribution < -0.4 is 9.64 Å². The summed E-state index contributed by atoms with van der Waals surface area (Å²) in [5, 5.41) is 4.10. The van der Waals surface area contributed by atoms with Crippen LogP contribution in [0.4, 0.5) is 18.9 Å². The van der Waals surface area contributed by atoms with Crippen molar-refractivity contribution in [3.05, 3.63) is 59.7 Å². The summed E-state index contributed by atoms with van der Waals surface area (Å²) in [7, 11) is 1.74. The van der Waals surface area contributed by atoms with E-state index in [2.05, 4.69) is 20.5 Å². The average molecular weight is 583 g/mol. The van der Waals surface area contributed by atoms with Crippen LogP contribution in [-0.2, 0) is 15.1 Å². The number of methoxy groups -OCH3 is 1. The molecule has 1 aliphatic heterocycles. The fourth-order valence-electron chi connectivity index (χ4n) is 6.75. The second-order valence-corrected chi connectivity index (χ2v) is 11.4. The molecule has 1 aliphatic carbocycles. The van der Waals surface area contributed by atoms with E-state index in [1.807, 2.05) is 32.9 Å². The van der Waals surface area contributed by atoms with E-state index in [0.29, 0.717) is 23.7 Å². The summed E-state index contributed by atoms with van der Waals surface area (Å²) in [5.41, 5.74) is 3.76. The summed E-state index contributed by atoms with van der Waals surface area (Å²) in [4.78, 5) is 20.2. The zero-order valence-corrected chi connectivity index (χ0v) is 24.0. The molecule has 0 spiro atoms. The Bertz CT molecular complexity index is 1620. The van der Waals surface area contributed by atoms with Crippen LogP contribution in [0.15, 0.2) is 47.0 Å². The van der Waals surface area contributed by atoms with Crippen molar-refractivity contribution in [2.24, 2.45) is 0 Å². The molecule has 3 heterocycles. The number of aromatic nitrogens is 3. The number of fused-ring (bicyclic) bond motifs is 1. The van der Waals surface area contributed by atoms with Gasteiger partial charge in [0.25, 0.3) is 0 Å². The van der Waals surface area contributed by atoms with E-state index in [1.165, 1.54) is 18.2 Å². The summed E-state index contributed by atoms with van der Waals surface area (Å²) in [6.07, 6.45) is -0.397. The molecule has 1 saturated heterocycles. The minimum atomic E-state index is -4.84. The molecule has 0 N–H and O–H groups in total. The molecular weight excluding hydrogens is 549 g/mol. The number of halogens is 3. The van der Waals surface area contributed by atoms with E-state index >= 15 is 0 Å². The Morgan fingerprint density at radius 1 is 1.07 bits per heavy atom. The standard InChI is InChI=1S/C31H33F3N4O4/c1-18-28(19(2)42-36-18)20-8-13-26-25(16-20)35-29(37(26)21-9-11-23(40-4)12-10-21)30(3)15-14-27(39)38(30)22-6-5-7-24(17-22)41-31(32,33)34/h5-8,13,16-17,21,23H,9-12,14-15H2,1-4H3/t21?,23?,30-/m1/s1. The van der Waals surface area contributed by atoms with Crippen molar-refractivity contribution in [1.82, 2.24) is 14.7 Å². The van der Waals surface area contributed by atoms with Crippen LogP contribution in [0.3, 0.4) is 0 Å². The Balaban J connectivity index is 1.49. The zero-order chi connectivity index (χ0) is 29.8. The van der Waals surface area contributed by atoms with Crippen molar-refractivity contribution in [1.29, 1.82) is 0 Å². The highest BCUT2D eigenvalue weighted by Gasteiger charge is 2.48. The summed E-state index contributed by atoms with van der Waals surface area (Å²) in [5.74, 6) is 0.865. The van der Waals surface area contributed by atoms with Gasteiger partial charge < -0.3 is 18.6 Å². The first-order valence-electron chi connectivity index (χ1n) is 14.2. The SMILES string of the molecule is COC1CCC(n2c([C@@]3(C)CCC(=O)N3c3cccc(OC(F)(F)F)c3)nc3cc(-c4c(C)noc4C)ccc32)CC1. The number of benzene rings is 2. The molecular formula is C31H33F3N4O4. The van der Waals surface area contributed by atoms with Crippen LogP contribution in [0.25, 0.3) is 22.2 Å². The van der Waals surface area contributed by atoms with E-state index in [-0.39, 0.29) is 30.2 Å². The van der Waals surface area contributed by atoms with Gasteiger partial charge in [-0.1, -0.05) is 17.3 Å². The molecule has 6 rings (SSSR count). The molecule has 42 heavy (non-hydrogen) atoms. The number of carbonyl (C=O) groups excluding carboxylic acids is 1. The number of imidazole rings is 1. The molecule has 1 atom stereocenters. The number of hydrogen-bond donors (Lipinski definition) is 0. The number of carbonyl (C=O) groups is 1. The fourth-order valence-corrected chi connectivity index (χ4v) is 6.75. The van der Waals surface area contributed by atoms with Crippen molar-refractivity contribution >= 4 is 22.6 Å². The lowest BCUT2D eigenvalue weighted by molar-refractivity contribution is -0.274. The van der Waals surface area contributed by atoms with Crippen LogP contribution in [-0.4, -0.2) is 40.2 Å². The van der Waals surface area contributed by atoms with Gasteiger partial charge in [-0.3, -0.25) is 9.69 Å². The second kappa shape index (κ2) is 10.4. The van der Waals surface area contributed by atoms with E-state index in [4.69, 9.17) is 14.2 Å². The molecule has 0 radical (unpaired) electrons. The predicted molar refractivity (Wildman–Crippen MR) is 150 cm³/mol. The van der Waals surface area contributed by atoms with Gasteiger partial charge in [-0.05, 0) is 82.7 Å². The van der Waals surface area contributed by atoms with Crippen LogP contribution in [0, 0.1) is 13.8 Å². The first-order valence-corrected chi connectivity index (χ1v) is 14.2. The predicted octanol–water partition coefficient (Wildman–Crippen LogP) is 7.38. The van der Waals surface area contributed by atoms with Gasteiger partial charge in [0, 0.05) is 36.9 Å². The van der Waals surface area contributed by atoms with Crippen LogP contribution in [0.2, 0.25) is 0 Å². The van der Waals surface area contributed by atoms with Crippen molar-refractivity contribution in [3.63, 3.8) is 0 Å². The van der Waals surface area contributed by atoms with Crippen molar-refractivity contribution < 1.29 is 32.0 Å². The number of alkyl halides is 3. The third kappa shape index (κ3) is 4.93. The summed E-state index contributed by atoms with van der Waals surface area (Å²) in [6, 6.07) is 11.8. The number of nitrogens with zero attached hydrogens (tertiary/aromatic N) is 4. The molecule has 8 nitrogen and oxygen atoms in total. The minimum absolute atomic E-state index is 0.121. The topological polar surface area (TPSA) is 82.6 Å². The first kappa shape index (κ1) is 28.3. The smallest absolute Gasteiger partial charge is 0.406 e. The molecule has 4 aromatic rings. The van der Waals surface area contributed by atoms with E-state index < -0.39 is 11.9 Å². The number of hydrogen-bond acceptors (Lipinski definition) is 6. The molecule has 222 valence electrons. The molecule has 1 amide bonds. The molecule has 11 heteroatoms. The molecule has 2 aromatic heterocycles. The Kier molecular flexibility index (Phi) is 7.03. The van der Waals surface area contributed by atoms with Gasteiger partial charge in [0.2, 0.25) is 5.91 Å². The number of anilines is 1. The first-order chi connectivity index (χ1) is 20.0. The number of rotatable bonds is 6. The molecule has 0 bridgehead atoms. The fraction of sp³-hybridized carbons (Fsp3) is 0.452. The third-order valence-corrected chi connectivity index (χ3v) is 8.71. The Hall–Kier alpha value is -3.86. The van der Waals surface area contributed by atoms with E-state index in [1.54, 1.807) is 18.1 Å². The van der Waals surface area contributed by atoms with Gasteiger partial charge in [0.1, 0.15) is 22.9 Å². The van der Waals surface area contributed by atoms with Gasteiger partial charge >= 0.3 is 6.36 Å². The highest BCUT2D eigenvalue weighted by molar-refractivity contribution is 5.98. The largest absolute Gasteiger partial charge is 0.573 e. The lowest BCUT2D eigenvalue weighted by Gasteiger charge is -2.38. The Labute approximate surface area is 241 Å². The third-order valence-electron chi connectivity index (χ3n) is 8.71. The zero-order valence-electron chi connectivity index (χ0n) is 24.0. The lowest BCUT2D eigenvalue weighted by atomic mass is 9.90. The summed E-state index contributed by atoms with van der Waals surface area (Å²) in [6.45, 7) is 5.72. The number of amides is 1. The van der Waals surface area contributed by atoms with Crippen molar-refractivity contribution in [2.75, 3.05) is 12.0 Å². The van der Waals surface area contributed by atoms with Gasteiger partial charge in [-0.15, -0.1) is 13.2 Å². The monoisotopic (exact) mass is 582 g/mol. The Morgan fingerprint density at radius 2 is 1.83 bits per heavy atom. The molecule has 2 aromatic carbocycles. The highest BCUT2D eigenvalue weighted by Crippen LogP contribution is 2.46. The van der Waals surface area contributed by atoms with Crippen LogP contribution in [0.5, 0.6) is 5.75 Å². The van der Waals surface area contributed by atoms with Gasteiger partial charge in [-0.25, -0.2) is 4.98 Å². The lowest BCUT2D eigenvalue weighted by Crippen LogP contribution is -2.44. The maximum atomic E-state index is 13.4. The quantitative estimate of drug-likeness (QED) is 0.236. The molecule has 2 aliphatic rings. The van der Waals surface area contributed by atoms with Crippen molar-refractivity contribution in [3.8, 4) is 16.9 Å². The maximum absolute atomic E-state index is 13.4. The number of ether oxygens (including phenoxy) is 2. The highest BCUT2D eigenvalue weighted by atomic mass is 19.4. The molecule has 1 saturated carbocycles. The summed E-state index contributed by atoms with van der Waals surface area (Å²) >= 11 is 0. The van der Waals surface area contributed by atoms with Crippen LogP contribution in [0.1, 0.15) is 68.8 Å². The van der Waals surface area contributed by atoms with Crippen molar-refractivity contribution in [2.45, 2.75) is 83.3 Å². The second-order valence-electron chi connectivity index (χ2n) is 11.4. The van der Waals surface area contributed by atoms with Gasteiger partial charge in [-0.2, -0.15) is 0 Å².